The summed E-state index contributed by atoms with van der Waals surface area (Å²) < 4.78 is 1.99. The molecule has 0 radical (unpaired) electrons. The van der Waals surface area contributed by atoms with E-state index in [-0.39, 0.29) is 11.9 Å². The van der Waals surface area contributed by atoms with Crippen LogP contribution >= 0.6 is 0 Å². The Kier molecular flexibility index (Phi) is 3.52. The molecule has 1 saturated heterocycles. The highest BCUT2D eigenvalue weighted by atomic mass is 16.2. The van der Waals surface area contributed by atoms with Gasteiger partial charge in [0.25, 0.3) is 5.91 Å². The first-order valence-electron chi connectivity index (χ1n) is 6.33. The number of aromatic nitrogens is 1. The van der Waals surface area contributed by atoms with Gasteiger partial charge in [-0.3, -0.25) is 4.79 Å². The Labute approximate surface area is 102 Å². The summed E-state index contributed by atoms with van der Waals surface area (Å²) in [7, 11) is 0. The molecule has 0 bridgehead atoms. The molecular formula is C13H21N3O. The van der Waals surface area contributed by atoms with Gasteiger partial charge in [-0.15, -0.1) is 0 Å². The summed E-state index contributed by atoms with van der Waals surface area (Å²) >= 11 is 0. The largest absolute Gasteiger partial charge is 0.344 e. The van der Waals surface area contributed by atoms with Crippen LogP contribution in [0.1, 0.15) is 30.8 Å². The van der Waals surface area contributed by atoms with Crippen molar-refractivity contribution in [3.05, 3.63) is 24.0 Å². The van der Waals surface area contributed by atoms with E-state index in [2.05, 4.69) is 6.92 Å². The first kappa shape index (κ1) is 12.2. The zero-order valence-corrected chi connectivity index (χ0v) is 10.6. The fourth-order valence-corrected chi connectivity index (χ4v) is 2.39. The van der Waals surface area contributed by atoms with Crippen LogP contribution in [0.5, 0.6) is 0 Å². The van der Waals surface area contributed by atoms with Crippen molar-refractivity contribution < 1.29 is 4.79 Å². The van der Waals surface area contributed by atoms with Crippen LogP contribution in [0.3, 0.4) is 0 Å². The monoisotopic (exact) mass is 235 g/mol. The third-order valence-corrected chi connectivity index (χ3v) is 3.65. The third-order valence-electron chi connectivity index (χ3n) is 3.65. The number of nitrogens with zero attached hydrogens (tertiary/aromatic N) is 2. The van der Waals surface area contributed by atoms with Gasteiger partial charge in [0.05, 0.1) is 0 Å². The standard InChI is InChI=1S/C13H21N3O/c1-3-15-7-4-5-12(15)13(17)16-8-6-11(14)10(2)9-16/h4-5,7,10-11H,3,6,8-9,14H2,1-2H3. The summed E-state index contributed by atoms with van der Waals surface area (Å²) in [6, 6.07) is 4.05. The number of amides is 1. The Balaban J connectivity index is 2.10. The number of likely N-dealkylation sites (tertiary alicyclic amines) is 1. The normalized spacial score (nSPS) is 25.0. The molecule has 0 aliphatic carbocycles. The fourth-order valence-electron chi connectivity index (χ4n) is 2.39. The summed E-state index contributed by atoms with van der Waals surface area (Å²) in [4.78, 5) is 14.3. The Morgan fingerprint density at radius 3 is 3.00 bits per heavy atom. The Morgan fingerprint density at radius 1 is 1.59 bits per heavy atom. The van der Waals surface area contributed by atoms with Crippen molar-refractivity contribution in [3.8, 4) is 0 Å². The SMILES string of the molecule is CCn1cccc1C(=O)N1CCC(N)C(C)C1. The van der Waals surface area contributed by atoms with Crippen LogP contribution in [0, 0.1) is 5.92 Å². The van der Waals surface area contributed by atoms with Gasteiger partial charge in [0.2, 0.25) is 0 Å². The number of aryl methyl sites for hydroxylation is 1. The van der Waals surface area contributed by atoms with Gasteiger partial charge in [-0.2, -0.15) is 0 Å². The number of hydrogen-bond donors (Lipinski definition) is 1. The summed E-state index contributed by atoms with van der Waals surface area (Å²) in [5.41, 5.74) is 6.76. The minimum absolute atomic E-state index is 0.135. The number of rotatable bonds is 2. The predicted molar refractivity (Wildman–Crippen MR) is 67.8 cm³/mol. The molecule has 1 fully saturated rings. The average Bonchev–Trinajstić information content (AvgIpc) is 2.80. The van der Waals surface area contributed by atoms with E-state index >= 15 is 0 Å². The fraction of sp³-hybridized carbons (Fsp3) is 0.615. The van der Waals surface area contributed by atoms with E-state index in [9.17, 15) is 4.79 Å². The molecule has 2 heterocycles. The van der Waals surface area contributed by atoms with E-state index in [1.807, 2.05) is 34.7 Å². The van der Waals surface area contributed by atoms with Crippen molar-refractivity contribution in [1.82, 2.24) is 9.47 Å². The maximum Gasteiger partial charge on any atom is 0.270 e. The second kappa shape index (κ2) is 4.92. The topological polar surface area (TPSA) is 51.3 Å². The van der Waals surface area contributed by atoms with E-state index in [1.165, 1.54) is 0 Å². The van der Waals surface area contributed by atoms with Gasteiger partial charge >= 0.3 is 0 Å². The van der Waals surface area contributed by atoms with Crippen molar-refractivity contribution in [1.29, 1.82) is 0 Å². The van der Waals surface area contributed by atoms with Crippen molar-refractivity contribution in [2.45, 2.75) is 32.9 Å². The second-order valence-corrected chi connectivity index (χ2v) is 4.86. The molecule has 2 N–H and O–H groups in total. The summed E-state index contributed by atoms with van der Waals surface area (Å²) in [5, 5.41) is 0. The lowest BCUT2D eigenvalue weighted by molar-refractivity contribution is 0.0653. The molecule has 0 aromatic carbocycles. The Morgan fingerprint density at radius 2 is 2.35 bits per heavy atom. The molecule has 0 saturated carbocycles. The van der Waals surface area contributed by atoms with Gasteiger partial charge in [-0.1, -0.05) is 6.92 Å². The molecule has 1 aromatic heterocycles. The van der Waals surface area contributed by atoms with Crippen molar-refractivity contribution in [2.24, 2.45) is 11.7 Å². The molecule has 1 aliphatic rings. The summed E-state index contributed by atoms with van der Waals surface area (Å²) in [6.45, 7) is 6.54. The molecule has 4 heteroatoms. The second-order valence-electron chi connectivity index (χ2n) is 4.86. The molecular weight excluding hydrogens is 214 g/mol. The lowest BCUT2D eigenvalue weighted by Crippen LogP contribution is -2.48. The number of hydrogen-bond acceptors (Lipinski definition) is 2. The molecule has 4 nitrogen and oxygen atoms in total. The van der Waals surface area contributed by atoms with Crippen molar-refractivity contribution >= 4 is 5.91 Å². The van der Waals surface area contributed by atoms with E-state index < -0.39 is 0 Å². The van der Waals surface area contributed by atoms with Gasteiger partial charge in [0, 0.05) is 31.9 Å². The highest BCUT2D eigenvalue weighted by Gasteiger charge is 2.27. The smallest absolute Gasteiger partial charge is 0.270 e. The van der Waals surface area contributed by atoms with Crippen LogP contribution < -0.4 is 5.73 Å². The van der Waals surface area contributed by atoms with Crippen LogP contribution in [-0.2, 0) is 6.54 Å². The molecule has 94 valence electrons. The van der Waals surface area contributed by atoms with Gasteiger partial charge in [0.1, 0.15) is 5.69 Å². The Bertz CT molecular complexity index is 399. The average molecular weight is 235 g/mol. The maximum atomic E-state index is 12.4. The zero-order chi connectivity index (χ0) is 12.4. The van der Waals surface area contributed by atoms with Crippen LogP contribution in [0.15, 0.2) is 18.3 Å². The minimum Gasteiger partial charge on any atom is -0.344 e. The van der Waals surface area contributed by atoms with Gasteiger partial charge in [-0.25, -0.2) is 0 Å². The highest BCUT2D eigenvalue weighted by molar-refractivity contribution is 5.92. The van der Waals surface area contributed by atoms with Crippen molar-refractivity contribution in [2.75, 3.05) is 13.1 Å². The highest BCUT2D eigenvalue weighted by Crippen LogP contribution is 2.17. The Hall–Kier alpha value is -1.29. The lowest BCUT2D eigenvalue weighted by atomic mass is 9.94. The van der Waals surface area contributed by atoms with E-state index in [0.717, 1.165) is 31.7 Å². The summed E-state index contributed by atoms with van der Waals surface area (Å²) in [5.74, 6) is 0.522. The molecule has 2 atom stereocenters. The van der Waals surface area contributed by atoms with Crippen LogP contribution in [-0.4, -0.2) is 34.5 Å². The van der Waals surface area contributed by atoms with E-state index in [0.29, 0.717) is 5.92 Å². The molecule has 2 unspecified atom stereocenters. The minimum atomic E-state index is 0.135. The predicted octanol–water partition coefficient (Wildman–Crippen LogP) is 1.32. The van der Waals surface area contributed by atoms with Crippen LogP contribution in [0.25, 0.3) is 0 Å². The van der Waals surface area contributed by atoms with Crippen LogP contribution in [0.4, 0.5) is 0 Å². The molecule has 1 aromatic rings. The number of carbonyl (C=O) groups is 1. The number of carbonyl (C=O) groups excluding carboxylic acids is 1. The molecule has 2 rings (SSSR count). The quantitative estimate of drug-likeness (QED) is 0.840. The van der Waals surface area contributed by atoms with Crippen molar-refractivity contribution in [3.63, 3.8) is 0 Å². The number of piperidine rings is 1. The molecule has 1 amide bonds. The zero-order valence-electron chi connectivity index (χ0n) is 10.6. The van der Waals surface area contributed by atoms with Crippen LogP contribution in [0.2, 0.25) is 0 Å². The van der Waals surface area contributed by atoms with E-state index in [1.54, 1.807) is 0 Å². The number of nitrogens with two attached hydrogens (primary N) is 1. The lowest BCUT2D eigenvalue weighted by Gasteiger charge is -2.35. The third kappa shape index (κ3) is 2.36. The first-order chi connectivity index (χ1) is 8.13. The van der Waals surface area contributed by atoms with Gasteiger partial charge < -0.3 is 15.2 Å². The summed E-state index contributed by atoms with van der Waals surface area (Å²) in [6.07, 6.45) is 2.85. The maximum absolute atomic E-state index is 12.4. The van der Waals surface area contributed by atoms with Gasteiger partial charge in [0.15, 0.2) is 0 Å². The molecule has 17 heavy (non-hydrogen) atoms. The molecule has 0 spiro atoms. The first-order valence-corrected chi connectivity index (χ1v) is 6.33. The molecule has 1 aliphatic heterocycles. The van der Waals surface area contributed by atoms with Gasteiger partial charge in [-0.05, 0) is 31.4 Å². The van der Waals surface area contributed by atoms with E-state index in [4.69, 9.17) is 5.73 Å².